The van der Waals surface area contributed by atoms with Crippen LogP contribution in [-0.2, 0) is 9.78 Å². The van der Waals surface area contributed by atoms with E-state index in [1.807, 2.05) is 0 Å². The molecule has 0 amide bonds. The SMILES string of the molecule is [CH2]CCOOC(=O)c1cccc(OC)c1. The van der Waals surface area contributed by atoms with Gasteiger partial charge in [-0.05, 0) is 24.6 Å². The number of methoxy groups -OCH3 is 1. The van der Waals surface area contributed by atoms with Crippen molar-refractivity contribution in [1.82, 2.24) is 0 Å². The van der Waals surface area contributed by atoms with Crippen molar-refractivity contribution in [3.8, 4) is 5.75 Å². The van der Waals surface area contributed by atoms with Gasteiger partial charge in [0.15, 0.2) is 0 Å². The average molecular weight is 209 g/mol. The van der Waals surface area contributed by atoms with E-state index in [4.69, 9.17) is 4.74 Å². The van der Waals surface area contributed by atoms with Crippen molar-refractivity contribution >= 4 is 5.97 Å². The number of benzene rings is 1. The highest BCUT2D eigenvalue weighted by Crippen LogP contribution is 2.13. The number of hydrogen-bond acceptors (Lipinski definition) is 4. The van der Waals surface area contributed by atoms with E-state index in [1.165, 1.54) is 7.11 Å². The Bertz CT molecular complexity index is 322. The lowest BCUT2D eigenvalue weighted by Gasteiger charge is -2.04. The third-order valence-electron chi connectivity index (χ3n) is 1.67. The first-order valence-corrected chi connectivity index (χ1v) is 4.55. The summed E-state index contributed by atoms with van der Waals surface area (Å²) in [7, 11) is 1.53. The van der Waals surface area contributed by atoms with Gasteiger partial charge in [-0.15, -0.1) is 0 Å². The van der Waals surface area contributed by atoms with Gasteiger partial charge in [-0.1, -0.05) is 13.0 Å². The van der Waals surface area contributed by atoms with E-state index in [9.17, 15) is 4.79 Å². The fourth-order valence-electron chi connectivity index (χ4n) is 0.952. The minimum Gasteiger partial charge on any atom is -0.497 e. The molecule has 0 saturated carbocycles. The van der Waals surface area contributed by atoms with Crippen LogP contribution >= 0.6 is 0 Å². The Kier molecular flexibility index (Phi) is 4.63. The van der Waals surface area contributed by atoms with Gasteiger partial charge in [0.1, 0.15) is 5.75 Å². The third kappa shape index (κ3) is 3.59. The predicted octanol–water partition coefficient (Wildman–Crippen LogP) is 2.01. The van der Waals surface area contributed by atoms with Gasteiger partial charge in [0, 0.05) is 0 Å². The molecular weight excluding hydrogens is 196 g/mol. The van der Waals surface area contributed by atoms with Crippen LogP contribution in [0.3, 0.4) is 0 Å². The normalized spacial score (nSPS) is 9.73. The van der Waals surface area contributed by atoms with Crippen molar-refractivity contribution in [3.05, 3.63) is 36.8 Å². The molecular formula is C11H13O4. The summed E-state index contributed by atoms with van der Waals surface area (Å²) in [5.41, 5.74) is 0.387. The van der Waals surface area contributed by atoms with Crippen LogP contribution in [0.5, 0.6) is 5.75 Å². The third-order valence-corrected chi connectivity index (χ3v) is 1.67. The smallest absolute Gasteiger partial charge is 0.373 e. The van der Waals surface area contributed by atoms with Gasteiger partial charge in [0.2, 0.25) is 0 Å². The molecule has 0 bridgehead atoms. The van der Waals surface area contributed by atoms with E-state index in [2.05, 4.69) is 16.7 Å². The quantitative estimate of drug-likeness (QED) is 0.422. The molecule has 0 aliphatic heterocycles. The van der Waals surface area contributed by atoms with Crippen molar-refractivity contribution in [2.24, 2.45) is 0 Å². The van der Waals surface area contributed by atoms with E-state index in [1.54, 1.807) is 24.3 Å². The zero-order valence-electron chi connectivity index (χ0n) is 8.56. The predicted molar refractivity (Wildman–Crippen MR) is 54.3 cm³/mol. The molecule has 1 rings (SSSR count). The first-order valence-electron chi connectivity index (χ1n) is 4.55. The Labute approximate surface area is 88.7 Å². The molecule has 1 radical (unpaired) electrons. The molecule has 1 aromatic carbocycles. The van der Waals surface area contributed by atoms with E-state index >= 15 is 0 Å². The van der Waals surface area contributed by atoms with Crippen LogP contribution in [-0.4, -0.2) is 19.7 Å². The standard InChI is InChI=1S/C11H13O4/c1-3-7-14-15-11(12)9-5-4-6-10(8-9)13-2/h4-6,8H,1,3,7H2,2H3. The molecule has 4 nitrogen and oxygen atoms in total. The van der Waals surface area contributed by atoms with E-state index in [-0.39, 0.29) is 6.61 Å². The monoisotopic (exact) mass is 209 g/mol. The van der Waals surface area contributed by atoms with Crippen molar-refractivity contribution in [3.63, 3.8) is 0 Å². The van der Waals surface area contributed by atoms with Crippen molar-refractivity contribution in [1.29, 1.82) is 0 Å². The van der Waals surface area contributed by atoms with Crippen LogP contribution < -0.4 is 4.74 Å². The molecule has 0 aliphatic rings. The molecule has 15 heavy (non-hydrogen) atoms. The van der Waals surface area contributed by atoms with Crippen LogP contribution in [0.25, 0.3) is 0 Å². The van der Waals surface area contributed by atoms with Crippen LogP contribution in [0.4, 0.5) is 0 Å². The minimum absolute atomic E-state index is 0.287. The zero-order chi connectivity index (χ0) is 11.1. The molecule has 0 heterocycles. The second-order valence-electron chi connectivity index (χ2n) is 2.78. The average Bonchev–Trinajstić information content (AvgIpc) is 2.29. The summed E-state index contributed by atoms with van der Waals surface area (Å²) in [5, 5.41) is 0. The molecule has 0 spiro atoms. The van der Waals surface area contributed by atoms with Crippen LogP contribution in [0, 0.1) is 6.92 Å². The second kappa shape index (κ2) is 6.03. The molecule has 0 unspecified atom stereocenters. The Morgan fingerprint density at radius 2 is 2.27 bits per heavy atom. The highest BCUT2D eigenvalue weighted by atomic mass is 17.2. The number of ether oxygens (including phenoxy) is 1. The van der Waals surface area contributed by atoms with Gasteiger partial charge in [-0.2, -0.15) is 4.89 Å². The highest BCUT2D eigenvalue weighted by molar-refractivity contribution is 5.89. The summed E-state index contributed by atoms with van der Waals surface area (Å²) < 4.78 is 4.97. The summed E-state index contributed by atoms with van der Waals surface area (Å²) in [6.07, 6.45) is 0.547. The first kappa shape index (κ1) is 11.5. The Morgan fingerprint density at radius 1 is 1.47 bits per heavy atom. The summed E-state index contributed by atoms with van der Waals surface area (Å²) in [6.45, 7) is 3.83. The maximum atomic E-state index is 11.4. The molecule has 0 fully saturated rings. The van der Waals surface area contributed by atoms with Gasteiger partial charge < -0.3 is 4.74 Å². The van der Waals surface area contributed by atoms with Crippen molar-refractivity contribution in [2.75, 3.05) is 13.7 Å². The van der Waals surface area contributed by atoms with Crippen LogP contribution in [0.2, 0.25) is 0 Å². The lowest BCUT2D eigenvalue weighted by Crippen LogP contribution is -2.06. The van der Waals surface area contributed by atoms with Crippen LogP contribution in [0.1, 0.15) is 16.8 Å². The summed E-state index contributed by atoms with van der Waals surface area (Å²) in [6, 6.07) is 6.65. The maximum Gasteiger partial charge on any atom is 0.373 e. The molecule has 4 heteroatoms. The van der Waals surface area contributed by atoms with E-state index < -0.39 is 5.97 Å². The summed E-state index contributed by atoms with van der Waals surface area (Å²) in [4.78, 5) is 20.5. The number of hydrogen-bond donors (Lipinski definition) is 0. The fourth-order valence-corrected chi connectivity index (χ4v) is 0.952. The van der Waals surface area contributed by atoms with Crippen LogP contribution in [0.15, 0.2) is 24.3 Å². The van der Waals surface area contributed by atoms with Gasteiger partial charge in [-0.25, -0.2) is 4.79 Å². The van der Waals surface area contributed by atoms with E-state index in [0.717, 1.165) is 0 Å². The Hall–Kier alpha value is -1.55. The maximum absolute atomic E-state index is 11.4. The van der Waals surface area contributed by atoms with Crippen molar-refractivity contribution in [2.45, 2.75) is 6.42 Å². The Balaban J connectivity index is 2.57. The Morgan fingerprint density at radius 3 is 2.93 bits per heavy atom. The largest absolute Gasteiger partial charge is 0.497 e. The van der Waals surface area contributed by atoms with E-state index in [0.29, 0.717) is 17.7 Å². The zero-order valence-corrected chi connectivity index (χ0v) is 8.56. The van der Waals surface area contributed by atoms with Gasteiger partial charge in [0.25, 0.3) is 0 Å². The molecule has 0 atom stereocenters. The summed E-state index contributed by atoms with van der Waals surface area (Å²) in [5.74, 6) is 0.0592. The van der Waals surface area contributed by atoms with Crippen molar-refractivity contribution < 1.29 is 19.3 Å². The molecule has 81 valence electrons. The molecule has 1 aromatic rings. The fraction of sp³-hybridized carbons (Fsp3) is 0.273. The lowest BCUT2D eigenvalue weighted by molar-refractivity contribution is -0.239. The minimum atomic E-state index is -0.539. The summed E-state index contributed by atoms with van der Waals surface area (Å²) >= 11 is 0. The molecule has 0 saturated heterocycles. The molecule has 0 aliphatic carbocycles. The topological polar surface area (TPSA) is 44.8 Å². The van der Waals surface area contributed by atoms with Gasteiger partial charge in [-0.3, -0.25) is 4.89 Å². The number of rotatable bonds is 5. The highest BCUT2D eigenvalue weighted by Gasteiger charge is 2.08. The van der Waals surface area contributed by atoms with Gasteiger partial charge in [0.05, 0.1) is 19.3 Å². The first-order chi connectivity index (χ1) is 7.27. The molecule has 0 N–H and O–H groups in total. The van der Waals surface area contributed by atoms with Gasteiger partial charge >= 0.3 is 5.97 Å². The number of carbonyl (C=O) groups excluding carboxylic acids is 1. The molecule has 0 aromatic heterocycles. The lowest BCUT2D eigenvalue weighted by atomic mass is 10.2. The number of carbonyl (C=O) groups is 1. The second-order valence-corrected chi connectivity index (χ2v) is 2.78.